The number of nitrogens with one attached hydrogen (secondary N) is 1. The Kier molecular flexibility index (Phi) is 6.12. The highest BCUT2D eigenvalue weighted by Crippen LogP contribution is 2.45. The van der Waals surface area contributed by atoms with E-state index in [0.29, 0.717) is 29.1 Å². The molecule has 0 spiro atoms. The molecule has 2 fully saturated rings. The summed E-state index contributed by atoms with van der Waals surface area (Å²) >= 11 is 6.12. The summed E-state index contributed by atoms with van der Waals surface area (Å²) in [7, 11) is 0. The predicted molar refractivity (Wildman–Crippen MR) is 144 cm³/mol. The van der Waals surface area contributed by atoms with E-state index in [4.69, 9.17) is 26.8 Å². The second-order valence-electron chi connectivity index (χ2n) is 9.80. The number of carbonyl (C=O) groups is 1. The molecule has 2 aromatic heterocycles. The molecule has 0 aliphatic heterocycles. The van der Waals surface area contributed by atoms with E-state index in [2.05, 4.69) is 19.9 Å². The van der Waals surface area contributed by atoms with E-state index < -0.39 is 6.09 Å². The number of nitrogens with zero attached hydrogens (tertiary/aromatic N) is 3. The van der Waals surface area contributed by atoms with Crippen molar-refractivity contribution in [2.24, 2.45) is 5.92 Å². The molecule has 8 nitrogen and oxygen atoms in total. The summed E-state index contributed by atoms with van der Waals surface area (Å²) in [5, 5.41) is 3.93. The molecule has 2 aliphatic rings. The Morgan fingerprint density at radius 1 is 1.11 bits per heavy atom. The standard InChI is InChI=1S/C28H28ClN5O3/c1-16(17-5-6-17)36-28(35)33-19-9-7-18(8-10-19)25-24(30)22-15-21(37-27-26(29)31-13-14-32-27)11-12-23(22)34(25)20-3-2-4-20/h7-17,20H,2-6,30H2,1H3,(H,33,35)/t16-/m1/s1. The normalized spacial score (nSPS) is 16.3. The lowest BCUT2D eigenvalue weighted by molar-refractivity contribution is 0.108. The predicted octanol–water partition coefficient (Wildman–Crippen LogP) is 7.20. The first-order chi connectivity index (χ1) is 18.0. The lowest BCUT2D eigenvalue weighted by Gasteiger charge is -2.30. The van der Waals surface area contributed by atoms with E-state index >= 15 is 0 Å². The van der Waals surface area contributed by atoms with Gasteiger partial charge in [0, 0.05) is 35.1 Å². The largest absolute Gasteiger partial charge is 0.446 e. The van der Waals surface area contributed by atoms with Crippen LogP contribution in [0.1, 0.15) is 45.1 Å². The Balaban J connectivity index is 1.30. The number of anilines is 2. The van der Waals surface area contributed by atoms with Gasteiger partial charge in [0.1, 0.15) is 11.9 Å². The van der Waals surface area contributed by atoms with Crippen molar-refractivity contribution in [3.8, 4) is 22.9 Å². The summed E-state index contributed by atoms with van der Waals surface area (Å²) in [4.78, 5) is 20.4. The van der Waals surface area contributed by atoms with Crippen LogP contribution >= 0.6 is 11.6 Å². The minimum absolute atomic E-state index is 0.0592. The molecule has 2 saturated carbocycles. The quantitative estimate of drug-likeness (QED) is 0.268. The van der Waals surface area contributed by atoms with Crippen LogP contribution in [0.5, 0.6) is 11.6 Å². The fraction of sp³-hybridized carbons (Fsp3) is 0.321. The smallest absolute Gasteiger partial charge is 0.411 e. The monoisotopic (exact) mass is 517 g/mol. The molecule has 3 N–H and O–H groups in total. The minimum atomic E-state index is -0.425. The number of hydrogen-bond donors (Lipinski definition) is 2. The van der Waals surface area contributed by atoms with E-state index in [-0.39, 0.29) is 17.1 Å². The van der Waals surface area contributed by atoms with Crippen molar-refractivity contribution >= 4 is 40.0 Å². The molecule has 0 saturated heterocycles. The Morgan fingerprint density at radius 3 is 2.54 bits per heavy atom. The highest BCUT2D eigenvalue weighted by molar-refractivity contribution is 6.30. The summed E-state index contributed by atoms with van der Waals surface area (Å²) in [6.45, 7) is 1.95. The zero-order chi connectivity index (χ0) is 25.5. The van der Waals surface area contributed by atoms with Crippen LogP contribution in [0.4, 0.5) is 16.2 Å². The van der Waals surface area contributed by atoms with Crippen molar-refractivity contribution in [1.82, 2.24) is 14.5 Å². The van der Waals surface area contributed by atoms with Crippen LogP contribution in [0.3, 0.4) is 0 Å². The summed E-state index contributed by atoms with van der Waals surface area (Å²) in [5.41, 5.74) is 11.1. The molecular formula is C28H28ClN5O3. The number of ether oxygens (including phenoxy) is 2. The molecule has 2 aromatic carbocycles. The SMILES string of the molecule is C[C@@H](OC(=O)Nc1ccc(-c2c(N)c3cc(Oc4nccnc4Cl)ccc3n2C2CCC2)cc1)C1CC1. The van der Waals surface area contributed by atoms with E-state index in [1.807, 2.05) is 49.4 Å². The van der Waals surface area contributed by atoms with Crippen molar-refractivity contribution in [1.29, 1.82) is 0 Å². The summed E-state index contributed by atoms with van der Waals surface area (Å²) < 4.78 is 13.7. The first kappa shape index (κ1) is 23.6. The molecule has 190 valence electrons. The second kappa shape index (κ2) is 9.59. The third-order valence-electron chi connectivity index (χ3n) is 7.27. The molecule has 4 aromatic rings. The first-order valence-corrected chi connectivity index (χ1v) is 13.0. The van der Waals surface area contributed by atoms with Crippen LogP contribution in [0.15, 0.2) is 54.9 Å². The van der Waals surface area contributed by atoms with Crippen molar-refractivity contribution in [2.75, 3.05) is 11.1 Å². The fourth-order valence-corrected chi connectivity index (χ4v) is 5.02. The second-order valence-corrected chi connectivity index (χ2v) is 10.2. The molecule has 0 bridgehead atoms. The number of benzene rings is 2. The number of nitrogens with two attached hydrogens (primary N) is 1. The minimum Gasteiger partial charge on any atom is -0.446 e. The number of halogens is 1. The van der Waals surface area contributed by atoms with Gasteiger partial charge < -0.3 is 19.8 Å². The van der Waals surface area contributed by atoms with Crippen molar-refractivity contribution in [3.05, 3.63) is 60.0 Å². The van der Waals surface area contributed by atoms with Gasteiger partial charge in [0.25, 0.3) is 5.88 Å². The number of amides is 1. The van der Waals surface area contributed by atoms with Crippen LogP contribution in [-0.2, 0) is 4.74 Å². The van der Waals surface area contributed by atoms with Crippen LogP contribution in [0, 0.1) is 5.92 Å². The van der Waals surface area contributed by atoms with Crippen molar-refractivity contribution in [2.45, 2.75) is 51.2 Å². The number of nitrogen functional groups attached to an aromatic ring is 1. The van der Waals surface area contributed by atoms with Crippen LogP contribution < -0.4 is 15.8 Å². The molecule has 1 atom stereocenters. The van der Waals surface area contributed by atoms with Gasteiger partial charge in [-0.2, -0.15) is 0 Å². The lowest BCUT2D eigenvalue weighted by atomic mass is 9.92. The molecule has 0 unspecified atom stereocenters. The maximum atomic E-state index is 12.3. The Morgan fingerprint density at radius 2 is 1.86 bits per heavy atom. The first-order valence-electron chi connectivity index (χ1n) is 12.6. The third-order valence-corrected chi connectivity index (χ3v) is 7.53. The van der Waals surface area contributed by atoms with Gasteiger partial charge in [0.05, 0.1) is 16.9 Å². The van der Waals surface area contributed by atoms with Gasteiger partial charge in [-0.3, -0.25) is 5.32 Å². The van der Waals surface area contributed by atoms with Gasteiger partial charge in [0.15, 0.2) is 5.15 Å². The van der Waals surface area contributed by atoms with Gasteiger partial charge >= 0.3 is 6.09 Å². The fourth-order valence-electron chi connectivity index (χ4n) is 4.88. The maximum absolute atomic E-state index is 12.3. The highest BCUT2D eigenvalue weighted by atomic mass is 35.5. The van der Waals surface area contributed by atoms with Crippen molar-refractivity contribution in [3.63, 3.8) is 0 Å². The molecule has 37 heavy (non-hydrogen) atoms. The van der Waals surface area contributed by atoms with Crippen LogP contribution in [-0.4, -0.2) is 26.7 Å². The Labute approximate surface area is 219 Å². The molecule has 1 amide bonds. The molecule has 2 aliphatic carbocycles. The van der Waals surface area contributed by atoms with Crippen LogP contribution in [0.25, 0.3) is 22.2 Å². The average Bonchev–Trinajstić information content (AvgIpc) is 3.67. The van der Waals surface area contributed by atoms with Gasteiger partial charge in [-0.25, -0.2) is 14.8 Å². The zero-order valence-corrected chi connectivity index (χ0v) is 21.2. The van der Waals surface area contributed by atoms with E-state index in [1.54, 1.807) is 0 Å². The Hall–Kier alpha value is -3.78. The van der Waals surface area contributed by atoms with Gasteiger partial charge in [-0.05, 0) is 75.3 Å². The number of hydrogen-bond acceptors (Lipinski definition) is 6. The number of fused-ring (bicyclic) bond motifs is 1. The van der Waals surface area contributed by atoms with E-state index in [0.717, 1.165) is 47.8 Å². The lowest BCUT2D eigenvalue weighted by Crippen LogP contribution is -2.21. The van der Waals surface area contributed by atoms with Gasteiger partial charge in [-0.1, -0.05) is 23.7 Å². The highest BCUT2D eigenvalue weighted by Gasteiger charge is 2.31. The topological polar surface area (TPSA) is 104 Å². The molecule has 2 heterocycles. The summed E-state index contributed by atoms with van der Waals surface area (Å²) in [6, 6.07) is 13.9. The van der Waals surface area contributed by atoms with Gasteiger partial charge in [-0.15, -0.1) is 0 Å². The zero-order valence-electron chi connectivity index (χ0n) is 20.5. The molecule has 6 rings (SSSR count). The summed E-state index contributed by atoms with van der Waals surface area (Å²) in [5.74, 6) is 1.32. The number of aromatic nitrogens is 3. The number of rotatable bonds is 7. The molecule has 0 radical (unpaired) electrons. The molecular weight excluding hydrogens is 490 g/mol. The van der Waals surface area contributed by atoms with Gasteiger partial charge in [0.2, 0.25) is 0 Å². The van der Waals surface area contributed by atoms with E-state index in [9.17, 15) is 4.79 Å². The Bertz CT molecular complexity index is 1460. The van der Waals surface area contributed by atoms with E-state index in [1.165, 1.54) is 18.8 Å². The number of carbonyl (C=O) groups excluding carboxylic acids is 1. The third kappa shape index (κ3) is 4.69. The average molecular weight is 518 g/mol. The maximum Gasteiger partial charge on any atom is 0.411 e. The van der Waals surface area contributed by atoms with Crippen molar-refractivity contribution < 1.29 is 14.3 Å². The summed E-state index contributed by atoms with van der Waals surface area (Å²) in [6.07, 6.45) is 8.22. The van der Waals surface area contributed by atoms with Crippen LogP contribution in [0.2, 0.25) is 5.15 Å². The molecule has 9 heteroatoms.